The first-order valence-corrected chi connectivity index (χ1v) is 10.8. The lowest BCUT2D eigenvalue weighted by Gasteiger charge is -2.37. The Kier molecular flexibility index (Phi) is 5.85. The molecular formula is C22H25N5OS. The van der Waals surface area contributed by atoms with Crippen molar-refractivity contribution in [2.24, 2.45) is 0 Å². The van der Waals surface area contributed by atoms with E-state index in [0.717, 1.165) is 37.6 Å². The van der Waals surface area contributed by atoms with Crippen LogP contribution in [0.1, 0.15) is 11.1 Å². The number of nitrogens with zero attached hydrogens (tertiary/aromatic N) is 4. The molecule has 29 heavy (non-hydrogen) atoms. The molecule has 1 amide bonds. The van der Waals surface area contributed by atoms with E-state index in [0.29, 0.717) is 10.9 Å². The number of carbonyl (C=O) groups excluding carboxylic acids is 1. The summed E-state index contributed by atoms with van der Waals surface area (Å²) in [6.45, 7) is 7.52. The van der Waals surface area contributed by atoms with Crippen LogP contribution in [0.15, 0.2) is 53.7 Å². The van der Waals surface area contributed by atoms with E-state index in [1.807, 2.05) is 35.2 Å². The average molecular weight is 408 g/mol. The molecule has 1 fully saturated rings. The van der Waals surface area contributed by atoms with Crippen molar-refractivity contribution in [3.8, 4) is 11.4 Å². The van der Waals surface area contributed by atoms with Crippen LogP contribution in [0.4, 0.5) is 5.69 Å². The zero-order valence-electron chi connectivity index (χ0n) is 16.8. The summed E-state index contributed by atoms with van der Waals surface area (Å²) in [5.41, 5.74) is 4.89. The van der Waals surface area contributed by atoms with Gasteiger partial charge < -0.3 is 9.80 Å². The molecule has 4 rings (SSSR count). The van der Waals surface area contributed by atoms with Crippen molar-refractivity contribution in [3.63, 3.8) is 0 Å². The normalized spacial score (nSPS) is 14.3. The number of aromatic nitrogens is 3. The Balaban J connectivity index is 1.29. The van der Waals surface area contributed by atoms with E-state index in [-0.39, 0.29) is 5.91 Å². The summed E-state index contributed by atoms with van der Waals surface area (Å²) < 4.78 is 0. The molecule has 150 valence electrons. The zero-order valence-corrected chi connectivity index (χ0v) is 17.6. The maximum Gasteiger partial charge on any atom is 0.233 e. The van der Waals surface area contributed by atoms with E-state index in [4.69, 9.17) is 0 Å². The number of hydrogen-bond donors (Lipinski definition) is 1. The number of amides is 1. The first-order chi connectivity index (χ1) is 14.1. The lowest BCUT2D eigenvalue weighted by atomic mass is 10.1. The summed E-state index contributed by atoms with van der Waals surface area (Å²) in [5.74, 6) is 1.22. The Morgan fingerprint density at radius 2 is 1.79 bits per heavy atom. The Bertz CT molecular complexity index is 980. The van der Waals surface area contributed by atoms with Crippen LogP contribution >= 0.6 is 11.8 Å². The van der Waals surface area contributed by atoms with Crippen molar-refractivity contribution < 1.29 is 4.79 Å². The SMILES string of the molecule is Cc1cccc(N2CCN(C(=O)CSc3n[nH]c(-c4ccccc4)n3)CC2)c1C. The van der Waals surface area contributed by atoms with E-state index in [1.165, 1.54) is 28.6 Å². The third-order valence-corrected chi connectivity index (χ3v) is 6.22. The van der Waals surface area contributed by atoms with E-state index < -0.39 is 0 Å². The Hall–Kier alpha value is -2.80. The van der Waals surface area contributed by atoms with E-state index in [1.54, 1.807) is 0 Å². The quantitative estimate of drug-likeness (QED) is 0.656. The topological polar surface area (TPSA) is 65.1 Å². The van der Waals surface area contributed by atoms with Gasteiger partial charge in [-0.15, -0.1) is 5.10 Å². The molecule has 0 saturated carbocycles. The van der Waals surface area contributed by atoms with Crippen LogP contribution in [0.5, 0.6) is 0 Å². The lowest BCUT2D eigenvalue weighted by Crippen LogP contribution is -2.49. The van der Waals surface area contributed by atoms with Gasteiger partial charge in [0.05, 0.1) is 5.75 Å². The van der Waals surface area contributed by atoms with Crippen LogP contribution in [-0.2, 0) is 4.79 Å². The number of hydrogen-bond acceptors (Lipinski definition) is 5. The third-order valence-electron chi connectivity index (χ3n) is 5.39. The molecule has 1 aliphatic rings. The number of nitrogens with one attached hydrogen (secondary N) is 1. The molecule has 1 aromatic heterocycles. The van der Waals surface area contributed by atoms with Gasteiger partial charge in [-0.25, -0.2) is 4.98 Å². The average Bonchev–Trinajstić information content (AvgIpc) is 3.24. The first-order valence-electron chi connectivity index (χ1n) is 9.81. The summed E-state index contributed by atoms with van der Waals surface area (Å²) >= 11 is 1.38. The number of thioether (sulfide) groups is 1. The Morgan fingerprint density at radius 3 is 2.55 bits per heavy atom. The minimum Gasteiger partial charge on any atom is -0.368 e. The van der Waals surface area contributed by atoms with Crippen LogP contribution in [0.2, 0.25) is 0 Å². The van der Waals surface area contributed by atoms with Crippen molar-refractivity contribution in [2.45, 2.75) is 19.0 Å². The van der Waals surface area contributed by atoms with Crippen LogP contribution in [0.25, 0.3) is 11.4 Å². The largest absolute Gasteiger partial charge is 0.368 e. The number of carbonyl (C=O) groups is 1. The minimum absolute atomic E-state index is 0.140. The van der Waals surface area contributed by atoms with Crippen LogP contribution in [-0.4, -0.2) is 57.9 Å². The van der Waals surface area contributed by atoms with Gasteiger partial charge in [0.2, 0.25) is 11.1 Å². The van der Waals surface area contributed by atoms with Crippen molar-refractivity contribution >= 4 is 23.4 Å². The molecule has 1 saturated heterocycles. The monoisotopic (exact) mass is 407 g/mol. The maximum atomic E-state index is 12.6. The highest BCUT2D eigenvalue weighted by Crippen LogP contribution is 2.24. The number of rotatable bonds is 5. The van der Waals surface area contributed by atoms with Crippen molar-refractivity contribution in [1.82, 2.24) is 20.1 Å². The minimum atomic E-state index is 0.140. The fourth-order valence-electron chi connectivity index (χ4n) is 3.53. The van der Waals surface area contributed by atoms with Gasteiger partial charge in [-0.2, -0.15) is 0 Å². The summed E-state index contributed by atoms with van der Waals surface area (Å²) in [5, 5.41) is 7.78. The van der Waals surface area contributed by atoms with E-state index in [9.17, 15) is 4.79 Å². The standard InChI is InChI=1S/C22H25N5OS/c1-16-7-6-10-19(17(16)2)26-11-13-27(14-12-26)20(28)15-29-22-23-21(24-25-22)18-8-4-3-5-9-18/h3-10H,11-15H2,1-2H3,(H,23,24,25). The molecule has 0 radical (unpaired) electrons. The highest BCUT2D eigenvalue weighted by Gasteiger charge is 2.22. The highest BCUT2D eigenvalue weighted by molar-refractivity contribution is 7.99. The fourth-order valence-corrected chi connectivity index (χ4v) is 4.23. The number of aryl methyl sites for hydroxylation is 1. The summed E-state index contributed by atoms with van der Waals surface area (Å²) in [4.78, 5) is 21.4. The summed E-state index contributed by atoms with van der Waals surface area (Å²) in [6, 6.07) is 16.3. The van der Waals surface area contributed by atoms with Crippen molar-refractivity contribution in [3.05, 3.63) is 59.7 Å². The molecule has 7 heteroatoms. The second-order valence-electron chi connectivity index (χ2n) is 7.21. The number of piperazine rings is 1. The van der Waals surface area contributed by atoms with Gasteiger partial charge in [0, 0.05) is 37.4 Å². The molecule has 2 heterocycles. The highest BCUT2D eigenvalue weighted by atomic mass is 32.2. The number of anilines is 1. The predicted molar refractivity (Wildman–Crippen MR) is 117 cm³/mol. The van der Waals surface area contributed by atoms with Gasteiger partial charge in [0.1, 0.15) is 0 Å². The Labute approximate surface area is 175 Å². The fraction of sp³-hybridized carbons (Fsp3) is 0.318. The number of benzene rings is 2. The van der Waals surface area contributed by atoms with Gasteiger partial charge in [-0.3, -0.25) is 9.89 Å². The van der Waals surface area contributed by atoms with E-state index >= 15 is 0 Å². The van der Waals surface area contributed by atoms with Gasteiger partial charge in [0.25, 0.3) is 0 Å². The molecule has 0 spiro atoms. The molecule has 0 aliphatic carbocycles. The smallest absolute Gasteiger partial charge is 0.233 e. The van der Waals surface area contributed by atoms with Crippen LogP contribution in [0.3, 0.4) is 0 Å². The molecule has 1 N–H and O–H groups in total. The molecule has 2 aromatic carbocycles. The van der Waals surface area contributed by atoms with Gasteiger partial charge in [-0.05, 0) is 31.0 Å². The molecule has 0 unspecified atom stereocenters. The van der Waals surface area contributed by atoms with Gasteiger partial charge >= 0.3 is 0 Å². The molecule has 0 atom stereocenters. The molecular weight excluding hydrogens is 382 g/mol. The lowest BCUT2D eigenvalue weighted by molar-refractivity contribution is -0.128. The summed E-state index contributed by atoms with van der Waals surface area (Å²) in [7, 11) is 0. The molecule has 3 aromatic rings. The predicted octanol–water partition coefficient (Wildman–Crippen LogP) is 3.53. The second kappa shape index (κ2) is 8.69. The maximum absolute atomic E-state index is 12.6. The third kappa shape index (κ3) is 4.45. The molecule has 1 aliphatic heterocycles. The molecule has 0 bridgehead atoms. The number of aromatic amines is 1. The summed E-state index contributed by atoms with van der Waals surface area (Å²) in [6.07, 6.45) is 0. The van der Waals surface area contributed by atoms with E-state index in [2.05, 4.69) is 52.1 Å². The number of H-pyrrole nitrogens is 1. The van der Waals surface area contributed by atoms with Gasteiger partial charge in [0.15, 0.2) is 5.82 Å². The zero-order chi connectivity index (χ0) is 20.2. The molecule has 6 nitrogen and oxygen atoms in total. The van der Waals surface area contributed by atoms with Crippen molar-refractivity contribution in [1.29, 1.82) is 0 Å². The Morgan fingerprint density at radius 1 is 1.03 bits per heavy atom. The second-order valence-corrected chi connectivity index (χ2v) is 8.15. The van der Waals surface area contributed by atoms with Crippen LogP contribution in [0, 0.1) is 13.8 Å². The first kappa shape index (κ1) is 19.5. The van der Waals surface area contributed by atoms with Crippen molar-refractivity contribution in [2.75, 3.05) is 36.8 Å². The van der Waals surface area contributed by atoms with Crippen LogP contribution < -0.4 is 4.90 Å². The van der Waals surface area contributed by atoms with Gasteiger partial charge in [-0.1, -0.05) is 54.2 Å².